The van der Waals surface area contributed by atoms with Gasteiger partial charge >= 0.3 is 0 Å². The molecule has 0 atom stereocenters. The molecule has 3 rings (SSSR count). The molecule has 0 spiro atoms. The number of halogens is 1. The van der Waals surface area contributed by atoms with Gasteiger partial charge in [-0.1, -0.05) is 36.4 Å². The van der Waals surface area contributed by atoms with E-state index in [1.807, 2.05) is 24.3 Å². The topological polar surface area (TPSA) is 148 Å². The van der Waals surface area contributed by atoms with Gasteiger partial charge in [0.15, 0.2) is 0 Å². The predicted molar refractivity (Wildman–Crippen MR) is 149 cm³/mol. The molecule has 0 aliphatic carbocycles. The van der Waals surface area contributed by atoms with Gasteiger partial charge in [-0.15, -0.1) is 6.58 Å². The van der Waals surface area contributed by atoms with Gasteiger partial charge in [0.1, 0.15) is 5.82 Å². The highest BCUT2D eigenvalue weighted by molar-refractivity contribution is 5.78. The number of rotatable bonds is 18. The summed E-state index contributed by atoms with van der Waals surface area (Å²) in [5.74, 6) is 0.506. The Bertz CT molecular complexity index is 1180. The molecule has 0 unspecified atom stereocenters. The fraction of sp³-hybridized carbons (Fsp3) is 0.333. The van der Waals surface area contributed by atoms with Crippen LogP contribution in [0.1, 0.15) is 11.1 Å². The van der Waals surface area contributed by atoms with Gasteiger partial charge in [-0.25, -0.2) is 4.39 Å². The second-order valence-corrected chi connectivity index (χ2v) is 8.28. The number of ether oxygens (including phenoxy) is 2. The summed E-state index contributed by atoms with van der Waals surface area (Å²) >= 11 is 0. The predicted octanol–water partition coefficient (Wildman–Crippen LogP) is 2.61. The molecule has 1 heterocycles. The van der Waals surface area contributed by atoms with Gasteiger partial charge in [0, 0.05) is 37.4 Å². The number of anilines is 4. The van der Waals surface area contributed by atoms with Crippen LogP contribution in [0, 0.1) is 5.82 Å². The van der Waals surface area contributed by atoms with Gasteiger partial charge < -0.3 is 36.5 Å². The molecule has 3 aromatic rings. The van der Waals surface area contributed by atoms with Crippen LogP contribution in [0.2, 0.25) is 0 Å². The van der Waals surface area contributed by atoms with Gasteiger partial charge in [-0.2, -0.15) is 15.0 Å². The zero-order valence-corrected chi connectivity index (χ0v) is 21.8. The lowest BCUT2D eigenvalue weighted by molar-refractivity contribution is -0.120. The van der Waals surface area contributed by atoms with E-state index >= 15 is 0 Å². The van der Waals surface area contributed by atoms with Crippen molar-refractivity contribution < 1.29 is 18.7 Å². The number of hydrogen-bond acceptors (Lipinski definition) is 10. The summed E-state index contributed by atoms with van der Waals surface area (Å²) in [6.07, 6.45) is 1.93. The van der Waals surface area contributed by atoms with E-state index in [4.69, 9.17) is 15.2 Å². The Morgan fingerprint density at radius 3 is 2.33 bits per heavy atom. The molecule has 12 heteroatoms. The molecular formula is C27H35FN8O3. The third kappa shape index (κ3) is 11.0. The van der Waals surface area contributed by atoms with Crippen LogP contribution in [0.3, 0.4) is 0 Å². The molecule has 39 heavy (non-hydrogen) atoms. The molecule has 1 aromatic heterocycles. The molecule has 0 aliphatic rings. The molecule has 0 bridgehead atoms. The largest absolute Gasteiger partial charge is 0.378 e. The van der Waals surface area contributed by atoms with Crippen molar-refractivity contribution >= 4 is 29.4 Å². The molecule has 1 amide bonds. The van der Waals surface area contributed by atoms with E-state index in [9.17, 15) is 9.18 Å². The molecule has 208 valence electrons. The molecule has 0 radical (unpaired) electrons. The summed E-state index contributed by atoms with van der Waals surface area (Å²) in [4.78, 5) is 25.3. The number of amides is 1. The lowest BCUT2D eigenvalue weighted by atomic mass is 10.1. The van der Waals surface area contributed by atoms with Crippen molar-refractivity contribution in [3.05, 3.63) is 78.1 Å². The van der Waals surface area contributed by atoms with Crippen LogP contribution in [0.15, 0.2) is 61.2 Å². The first-order valence-electron chi connectivity index (χ1n) is 12.6. The number of benzene rings is 2. The van der Waals surface area contributed by atoms with Crippen molar-refractivity contribution in [3.63, 3.8) is 0 Å². The van der Waals surface area contributed by atoms with E-state index < -0.39 is 0 Å². The van der Waals surface area contributed by atoms with E-state index in [0.717, 1.165) is 11.3 Å². The Morgan fingerprint density at radius 1 is 0.923 bits per heavy atom. The maximum atomic E-state index is 14.0. The van der Waals surface area contributed by atoms with Crippen LogP contribution in [-0.2, 0) is 27.2 Å². The summed E-state index contributed by atoms with van der Waals surface area (Å²) in [5.41, 5.74) is 7.42. The van der Waals surface area contributed by atoms with Crippen molar-refractivity contribution in [2.24, 2.45) is 5.73 Å². The van der Waals surface area contributed by atoms with Gasteiger partial charge in [-0.05, 0) is 23.8 Å². The van der Waals surface area contributed by atoms with Crippen LogP contribution in [0.5, 0.6) is 0 Å². The minimum Gasteiger partial charge on any atom is -0.378 e. The number of aromatic nitrogens is 3. The SMILES string of the molecule is C=CCNc1nc(NCc2ccccc2F)nc(Nc2ccc(CC(=O)NCCOCCOCCN)cc2)n1. The van der Waals surface area contributed by atoms with Gasteiger partial charge in [0.05, 0.1) is 32.8 Å². The standard InChI is InChI=1S/C27H35FN8O3/c1-2-12-31-25-34-26(32-19-21-5-3-4-6-23(21)28)36-27(35-25)33-22-9-7-20(8-10-22)18-24(37)30-13-15-39-17-16-38-14-11-29/h2-10H,1,11-19,29H2,(H,30,37)(H3,31,32,33,34,35,36). The molecular weight excluding hydrogens is 503 g/mol. The van der Waals surface area contributed by atoms with Crippen LogP contribution in [0.4, 0.5) is 27.9 Å². The average Bonchev–Trinajstić information content (AvgIpc) is 2.94. The molecule has 2 aromatic carbocycles. The van der Waals surface area contributed by atoms with Crippen molar-refractivity contribution in [2.75, 3.05) is 62.0 Å². The Balaban J connectivity index is 1.51. The minimum absolute atomic E-state index is 0.0975. The van der Waals surface area contributed by atoms with E-state index in [0.29, 0.717) is 63.5 Å². The fourth-order valence-corrected chi connectivity index (χ4v) is 3.32. The number of hydrogen-bond donors (Lipinski definition) is 5. The number of carbonyl (C=O) groups excluding carboxylic acids is 1. The summed E-state index contributed by atoms with van der Waals surface area (Å²) < 4.78 is 24.6. The summed E-state index contributed by atoms with van der Waals surface area (Å²) in [7, 11) is 0. The lowest BCUT2D eigenvalue weighted by Gasteiger charge is -2.11. The first-order chi connectivity index (χ1) is 19.1. The Morgan fingerprint density at radius 2 is 1.62 bits per heavy atom. The third-order valence-electron chi connectivity index (χ3n) is 5.21. The second-order valence-electron chi connectivity index (χ2n) is 8.28. The van der Waals surface area contributed by atoms with Crippen LogP contribution in [-0.4, -0.2) is 66.9 Å². The van der Waals surface area contributed by atoms with E-state index in [-0.39, 0.29) is 30.6 Å². The van der Waals surface area contributed by atoms with Crippen LogP contribution < -0.4 is 27.0 Å². The summed E-state index contributed by atoms with van der Waals surface area (Å²) in [6, 6.07) is 13.9. The minimum atomic E-state index is -0.311. The van der Waals surface area contributed by atoms with Gasteiger partial charge in [0.2, 0.25) is 23.8 Å². The zero-order valence-electron chi connectivity index (χ0n) is 21.8. The lowest BCUT2D eigenvalue weighted by Crippen LogP contribution is -2.29. The zero-order chi connectivity index (χ0) is 27.7. The van der Waals surface area contributed by atoms with Crippen molar-refractivity contribution in [2.45, 2.75) is 13.0 Å². The van der Waals surface area contributed by atoms with Gasteiger partial charge in [-0.3, -0.25) is 4.79 Å². The van der Waals surface area contributed by atoms with Crippen molar-refractivity contribution in [3.8, 4) is 0 Å². The molecule has 0 saturated heterocycles. The quantitative estimate of drug-likeness (QED) is 0.121. The van der Waals surface area contributed by atoms with E-state index in [1.54, 1.807) is 24.3 Å². The monoisotopic (exact) mass is 538 g/mol. The van der Waals surface area contributed by atoms with Crippen LogP contribution in [0.25, 0.3) is 0 Å². The highest BCUT2D eigenvalue weighted by atomic mass is 19.1. The average molecular weight is 539 g/mol. The number of carbonyl (C=O) groups is 1. The molecule has 11 nitrogen and oxygen atoms in total. The third-order valence-corrected chi connectivity index (χ3v) is 5.21. The summed E-state index contributed by atoms with van der Waals surface area (Å²) in [5, 5.41) is 12.1. The van der Waals surface area contributed by atoms with E-state index in [2.05, 4.69) is 42.8 Å². The number of nitrogens with two attached hydrogens (primary N) is 1. The molecule has 0 saturated carbocycles. The second kappa shape index (κ2) is 16.7. The first kappa shape index (κ1) is 29.4. The smallest absolute Gasteiger partial charge is 0.233 e. The highest BCUT2D eigenvalue weighted by Gasteiger charge is 2.09. The maximum absolute atomic E-state index is 14.0. The van der Waals surface area contributed by atoms with E-state index in [1.165, 1.54) is 6.07 Å². The van der Waals surface area contributed by atoms with Crippen molar-refractivity contribution in [1.29, 1.82) is 0 Å². The Kier molecular flexibility index (Phi) is 12.6. The summed E-state index contributed by atoms with van der Waals surface area (Å²) in [6.45, 7) is 7.12. The first-order valence-corrected chi connectivity index (χ1v) is 12.6. The molecule has 6 N–H and O–H groups in total. The Labute approximate surface area is 227 Å². The molecule has 0 aliphatic heterocycles. The van der Waals surface area contributed by atoms with Crippen LogP contribution >= 0.6 is 0 Å². The Hall–Kier alpha value is -4.13. The molecule has 0 fully saturated rings. The fourth-order valence-electron chi connectivity index (χ4n) is 3.32. The maximum Gasteiger partial charge on any atom is 0.233 e. The van der Waals surface area contributed by atoms with Crippen molar-refractivity contribution in [1.82, 2.24) is 20.3 Å². The normalized spacial score (nSPS) is 10.6. The van der Waals surface area contributed by atoms with Gasteiger partial charge in [0.25, 0.3) is 0 Å². The number of nitrogens with one attached hydrogen (secondary N) is 4. The number of nitrogens with zero attached hydrogens (tertiary/aromatic N) is 3. The highest BCUT2D eigenvalue weighted by Crippen LogP contribution is 2.18.